The van der Waals surface area contributed by atoms with Crippen LogP contribution in [0.5, 0.6) is 11.5 Å². The predicted molar refractivity (Wildman–Crippen MR) is 69.2 cm³/mol. The van der Waals surface area contributed by atoms with Crippen molar-refractivity contribution in [1.82, 2.24) is 0 Å². The number of alkyl halides is 5. The average Bonchev–Trinajstić information content (AvgIpc) is 2.59. The maximum absolute atomic E-state index is 13.3. The minimum atomic E-state index is -4.16. The van der Waals surface area contributed by atoms with Crippen LogP contribution in [-0.4, -0.2) is 25.6 Å². The minimum absolute atomic E-state index is 0.0206. The van der Waals surface area contributed by atoms with Crippen LogP contribution in [0.4, 0.5) is 17.6 Å². The summed E-state index contributed by atoms with van der Waals surface area (Å²) in [7, 11) is 0. The Morgan fingerprint density at radius 3 is 2.40 bits per heavy atom. The van der Waals surface area contributed by atoms with Crippen LogP contribution in [-0.2, 0) is 0 Å². The van der Waals surface area contributed by atoms with Gasteiger partial charge in [-0.2, -0.15) is 8.78 Å². The molecule has 1 heterocycles. The van der Waals surface area contributed by atoms with E-state index in [9.17, 15) is 17.6 Å². The molecular formula is C13H13BrF4O2. The lowest BCUT2D eigenvalue weighted by atomic mass is 10.1. The van der Waals surface area contributed by atoms with Gasteiger partial charge in [-0.25, -0.2) is 8.78 Å². The van der Waals surface area contributed by atoms with Crippen molar-refractivity contribution in [2.75, 3.05) is 13.2 Å². The summed E-state index contributed by atoms with van der Waals surface area (Å²) in [6.45, 7) is 2.76. The molecule has 1 aromatic carbocycles. The Bertz CT molecular complexity index is 481. The molecule has 2 atom stereocenters. The van der Waals surface area contributed by atoms with Crippen molar-refractivity contribution in [1.29, 1.82) is 0 Å². The molecule has 2 unspecified atom stereocenters. The third-order valence-electron chi connectivity index (χ3n) is 2.94. The highest BCUT2D eigenvalue weighted by Gasteiger charge is 2.48. The lowest BCUT2D eigenvalue weighted by Crippen LogP contribution is -2.31. The lowest BCUT2D eigenvalue weighted by molar-refractivity contribution is -0.127. The molecule has 1 aromatic rings. The predicted octanol–water partition coefficient (Wildman–Crippen LogP) is 4.43. The van der Waals surface area contributed by atoms with Crippen LogP contribution >= 0.6 is 15.9 Å². The lowest BCUT2D eigenvalue weighted by Gasteiger charge is -2.22. The molecular weight excluding hydrogens is 344 g/mol. The van der Waals surface area contributed by atoms with Crippen molar-refractivity contribution in [3.8, 4) is 11.5 Å². The molecule has 0 saturated carbocycles. The smallest absolute Gasteiger partial charge is 0.323 e. The average molecular weight is 357 g/mol. The van der Waals surface area contributed by atoms with Crippen LogP contribution < -0.4 is 9.47 Å². The second-order valence-electron chi connectivity index (χ2n) is 4.77. The number of hydrogen-bond donors (Lipinski definition) is 0. The number of halogens is 5. The van der Waals surface area contributed by atoms with Gasteiger partial charge in [0.25, 0.3) is 0 Å². The first-order chi connectivity index (χ1) is 9.32. The Kier molecular flexibility index (Phi) is 4.46. The molecule has 1 aliphatic rings. The van der Waals surface area contributed by atoms with Gasteiger partial charge in [-0.3, -0.25) is 0 Å². The summed E-state index contributed by atoms with van der Waals surface area (Å²) < 4.78 is 62.3. The monoisotopic (exact) mass is 356 g/mol. The van der Waals surface area contributed by atoms with E-state index in [1.165, 1.54) is 18.2 Å². The standard InChI is InChI=1S/C13H13BrF4O2/c1-7-5-19-9-3-2-8(4-10(9)20-6-7)11(14)13(17,18)12(15)16/h2-4,7,11-12H,5-6H2,1H3. The summed E-state index contributed by atoms with van der Waals surface area (Å²) >= 11 is 2.64. The molecule has 2 rings (SSSR count). The van der Waals surface area contributed by atoms with E-state index >= 15 is 0 Å². The topological polar surface area (TPSA) is 18.5 Å². The molecule has 0 fully saturated rings. The summed E-state index contributed by atoms with van der Waals surface area (Å²) in [5.41, 5.74) is 0.0206. The van der Waals surface area contributed by atoms with Crippen LogP contribution in [0.3, 0.4) is 0 Å². The van der Waals surface area contributed by atoms with Gasteiger partial charge in [0.05, 0.1) is 13.2 Å². The summed E-state index contributed by atoms with van der Waals surface area (Å²) in [5.74, 6) is -3.28. The number of fused-ring (bicyclic) bond motifs is 1. The van der Waals surface area contributed by atoms with Crippen LogP contribution in [0, 0.1) is 5.92 Å². The van der Waals surface area contributed by atoms with E-state index in [1.807, 2.05) is 6.92 Å². The van der Waals surface area contributed by atoms with E-state index in [4.69, 9.17) is 9.47 Å². The van der Waals surface area contributed by atoms with Gasteiger partial charge in [0.2, 0.25) is 0 Å². The normalized spacial score (nSPS) is 20.6. The van der Waals surface area contributed by atoms with E-state index in [-0.39, 0.29) is 11.5 Å². The number of hydrogen-bond acceptors (Lipinski definition) is 2. The van der Waals surface area contributed by atoms with Crippen molar-refractivity contribution in [2.45, 2.75) is 24.1 Å². The van der Waals surface area contributed by atoms with Crippen molar-refractivity contribution >= 4 is 15.9 Å². The molecule has 0 aromatic heterocycles. The minimum Gasteiger partial charge on any atom is -0.489 e. The highest BCUT2D eigenvalue weighted by molar-refractivity contribution is 9.09. The van der Waals surface area contributed by atoms with Gasteiger partial charge in [0.15, 0.2) is 11.5 Å². The first kappa shape index (κ1) is 15.4. The maximum Gasteiger partial charge on any atom is 0.323 e. The van der Waals surface area contributed by atoms with Gasteiger partial charge in [-0.05, 0) is 17.7 Å². The number of rotatable bonds is 3. The van der Waals surface area contributed by atoms with E-state index in [1.54, 1.807) is 0 Å². The third-order valence-corrected chi connectivity index (χ3v) is 4.08. The zero-order valence-corrected chi connectivity index (χ0v) is 12.2. The summed E-state index contributed by atoms with van der Waals surface area (Å²) in [6, 6.07) is 4.09. The first-order valence-corrected chi connectivity index (χ1v) is 6.93. The zero-order chi connectivity index (χ0) is 14.9. The fourth-order valence-corrected chi connectivity index (χ4v) is 2.24. The largest absolute Gasteiger partial charge is 0.489 e. The molecule has 0 radical (unpaired) electrons. The van der Waals surface area contributed by atoms with Crippen LogP contribution in [0.25, 0.3) is 0 Å². The molecule has 0 aliphatic carbocycles. The van der Waals surface area contributed by atoms with Crippen molar-refractivity contribution in [3.05, 3.63) is 23.8 Å². The molecule has 0 amide bonds. The molecule has 20 heavy (non-hydrogen) atoms. The van der Waals surface area contributed by atoms with Gasteiger partial charge >= 0.3 is 12.3 Å². The van der Waals surface area contributed by atoms with Crippen LogP contribution in [0.1, 0.15) is 17.3 Å². The van der Waals surface area contributed by atoms with Crippen molar-refractivity contribution in [2.24, 2.45) is 5.92 Å². The van der Waals surface area contributed by atoms with Crippen molar-refractivity contribution < 1.29 is 27.0 Å². The highest BCUT2D eigenvalue weighted by atomic mass is 79.9. The van der Waals surface area contributed by atoms with Gasteiger partial charge < -0.3 is 9.47 Å². The molecule has 0 N–H and O–H groups in total. The van der Waals surface area contributed by atoms with E-state index < -0.39 is 17.2 Å². The van der Waals surface area contributed by atoms with Gasteiger partial charge in [-0.1, -0.05) is 28.9 Å². The third kappa shape index (κ3) is 3.02. The van der Waals surface area contributed by atoms with Crippen LogP contribution in [0.2, 0.25) is 0 Å². The number of ether oxygens (including phenoxy) is 2. The van der Waals surface area contributed by atoms with E-state index in [0.29, 0.717) is 24.7 Å². The molecule has 0 spiro atoms. The van der Waals surface area contributed by atoms with Gasteiger partial charge in [0, 0.05) is 5.92 Å². The summed E-state index contributed by atoms with van der Waals surface area (Å²) in [5, 5.41) is 0. The fraction of sp³-hybridized carbons (Fsp3) is 0.538. The molecule has 0 saturated heterocycles. The highest BCUT2D eigenvalue weighted by Crippen LogP contribution is 2.44. The maximum atomic E-state index is 13.3. The zero-order valence-electron chi connectivity index (χ0n) is 10.6. The Hall–Kier alpha value is -0.980. The van der Waals surface area contributed by atoms with Crippen LogP contribution in [0.15, 0.2) is 18.2 Å². The quantitative estimate of drug-likeness (QED) is 0.589. The van der Waals surface area contributed by atoms with Crippen molar-refractivity contribution in [3.63, 3.8) is 0 Å². The Morgan fingerprint density at radius 1 is 1.20 bits per heavy atom. The summed E-state index contributed by atoms with van der Waals surface area (Å²) in [4.78, 5) is -1.79. The second kappa shape index (κ2) is 5.79. The first-order valence-electron chi connectivity index (χ1n) is 6.02. The Labute approximate surface area is 122 Å². The van der Waals surface area contributed by atoms with Gasteiger partial charge in [-0.15, -0.1) is 0 Å². The molecule has 2 nitrogen and oxygen atoms in total. The number of benzene rings is 1. The molecule has 7 heteroatoms. The van der Waals surface area contributed by atoms with E-state index in [2.05, 4.69) is 15.9 Å². The fourth-order valence-electron chi connectivity index (χ4n) is 1.76. The Morgan fingerprint density at radius 2 is 1.80 bits per heavy atom. The Balaban J connectivity index is 2.27. The summed E-state index contributed by atoms with van der Waals surface area (Å²) in [6.07, 6.45) is -3.75. The molecule has 0 bridgehead atoms. The molecule has 1 aliphatic heterocycles. The molecule has 112 valence electrons. The SMILES string of the molecule is CC1COc2ccc(C(Br)C(F)(F)C(F)F)cc2OC1. The van der Waals surface area contributed by atoms with Gasteiger partial charge in [0.1, 0.15) is 4.83 Å². The second-order valence-corrected chi connectivity index (χ2v) is 5.69. The van der Waals surface area contributed by atoms with E-state index in [0.717, 1.165) is 0 Å².